The zero-order valence-electron chi connectivity index (χ0n) is 16.4. The second kappa shape index (κ2) is 7.95. The van der Waals surface area contributed by atoms with Crippen molar-refractivity contribution < 1.29 is 18.7 Å². The number of hydrogen-bond acceptors (Lipinski definition) is 4. The van der Waals surface area contributed by atoms with E-state index in [2.05, 4.69) is 5.32 Å². The number of halogens is 1. The molecule has 0 heterocycles. The average Bonchev–Trinajstić information content (AvgIpc) is 2.88. The van der Waals surface area contributed by atoms with Crippen LogP contribution in [0.15, 0.2) is 54.6 Å². The molecule has 0 aliphatic heterocycles. The number of anilines is 1. The summed E-state index contributed by atoms with van der Waals surface area (Å²) in [7, 11) is 3.10. The zero-order chi connectivity index (χ0) is 20.4. The fourth-order valence-electron chi connectivity index (χ4n) is 3.72. The SMILES string of the molecule is COc1cc2c(cc1OC)C(=O)c1cc(F)c(NCc3ccccc3)cc1CC2. The van der Waals surface area contributed by atoms with E-state index in [4.69, 9.17) is 9.47 Å². The molecule has 0 bridgehead atoms. The highest BCUT2D eigenvalue weighted by Gasteiger charge is 2.25. The van der Waals surface area contributed by atoms with Gasteiger partial charge < -0.3 is 14.8 Å². The maximum atomic E-state index is 14.8. The van der Waals surface area contributed by atoms with Gasteiger partial charge in [0.2, 0.25) is 0 Å². The van der Waals surface area contributed by atoms with Crippen molar-refractivity contribution in [1.82, 2.24) is 0 Å². The zero-order valence-corrected chi connectivity index (χ0v) is 16.4. The monoisotopic (exact) mass is 391 g/mol. The summed E-state index contributed by atoms with van der Waals surface area (Å²) < 4.78 is 25.5. The number of ether oxygens (including phenoxy) is 2. The van der Waals surface area contributed by atoms with Gasteiger partial charge in [0.1, 0.15) is 5.82 Å². The first-order valence-corrected chi connectivity index (χ1v) is 9.50. The molecular weight excluding hydrogens is 369 g/mol. The number of hydrogen-bond donors (Lipinski definition) is 1. The molecule has 0 fully saturated rings. The summed E-state index contributed by atoms with van der Waals surface area (Å²) in [6.45, 7) is 0.513. The van der Waals surface area contributed by atoms with Crippen LogP contribution in [-0.4, -0.2) is 20.0 Å². The fourth-order valence-corrected chi connectivity index (χ4v) is 3.72. The Bertz CT molecular complexity index is 1060. The number of ketones is 1. The summed E-state index contributed by atoms with van der Waals surface area (Å²) in [5.41, 5.74) is 4.11. The van der Waals surface area contributed by atoms with Crippen molar-refractivity contribution in [3.63, 3.8) is 0 Å². The van der Waals surface area contributed by atoms with Gasteiger partial charge in [-0.15, -0.1) is 0 Å². The van der Waals surface area contributed by atoms with Crippen molar-refractivity contribution in [1.29, 1.82) is 0 Å². The number of rotatable bonds is 5. The maximum absolute atomic E-state index is 14.8. The van der Waals surface area contributed by atoms with E-state index in [0.29, 0.717) is 47.7 Å². The number of fused-ring (bicyclic) bond motifs is 2. The van der Waals surface area contributed by atoms with Gasteiger partial charge in [0.15, 0.2) is 17.3 Å². The highest BCUT2D eigenvalue weighted by molar-refractivity contribution is 6.12. The van der Waals surface area contributed by atoms with Crippen LogP contribution in [-0.2, 0) is 19.4 Å². The number of carbonyl (C=O) groups is 1. The molecule has 1 aliphatic carbocycles. The number of methoxy groups -OCH3 is 2. The van der Waals surface area contributed by atoms with Crippen molar-refractivity contribution >= 4 is 11.5 Å². The van der Waals surface area contributed by atoms with Crippen molar-refractivity contribution in [2.45, 2.75) is 19.4 Å². The van der Waals surface area contributed by atoms with E-state index >= 15 is 0 Å². The lowest BCUT2D eigenvalue weighted by molar-refractivity contribution is 0.103. The Morgan fingerprint density at radius 1 is 0.897 bits per heavy atom. The minimum absolute atomic E-state index is 0.193. The second-order valence-corrected chi connectivity index (χ2v) is 7.02. The summed E-state index contributed by atoms with van der Waals surface area (Å²) >= 11 is 0. The summed E-state index contributed by atoms with van der Waals surface area (Å²) in [6.07, 6.45) is 1.31. The molecule has 4 nitrogen and oxygen atoms in total. The summed E-state index contributed by atoms with van der Waals surface area (Å²) in [6, 6.07) is 16.4. The second-order valence-electron chi connectivity index (χ2n) is 7.02. The Morgan fingerprint density at radius 3 is 2.21 bits per heavy atom. The molecule has 29 heavy (non-hydrogen) atoms. The molecule has 5 heteroatoms. The molecular formula is C24H22FNO3. The van der Waals surface area contributed by atoms with Gasteiger partial charge in [-0.05, 0) is 53.8 Å². The smallest absolute Gasteiger partial charge is 0.193 e. The summed E-state index contributed by atoms with van der Waals surface area (Å²) in [5.74, 6) is 0.449. The van der Waals surface area contributed by atoms with Crippen LogP contribution in [0.25, 0.3) is 0 Å². The first-order valence-electron chi connectivity index (χ1n) is 9.50. The molecule has 0 amide bonds. The van der Waals surface area contributed by atoms with E-state index in [-0.39, 0.29) is 5.78 Å². The molecule has 1 aliphatic rings. The fraction of sp³-hybridized carbons (Fsp3) is 0.208. The Hall–Kier alpha value is -3.34. The predicted molar refractivity (Wildman–Crippen MR) is 111 cm³/mol. The number of aryl methyl sites for hydroxylation is 2. The molecule has 0 atom stereocenters. The number of benzene rings is 3. The van der Waals surface area contributed by atoms with Crippen LogP contribution in [0.1, 0.15) is 32.6 Å². The molecule has 3 aromatic carbocycles. The Labute approximate surface area is 169 Å². The van der Waals surface area contributed by atoms with Gasteiger partial charge in [-0.25, -0.2) is 4.39 Å². The van der Waals surface area contributed by atoms with Crippen molar-refractivity contribution in [2.24, 2.45) is 0 Å². The topological polar surface area (TPSA) is 47.6 Å². The van der Waals surface area contributed by atoms with Crippen molar-refractivity contribution in [2.75, 3.05) is 19.5 Å². The maximum Gasteiger partial charge on any atom is 0.193 e. The van der Waals surface area contributed by atoms with Gasteiger partial charge in [-0.3, -0.25) is 4.79 Å². The van der Waals surface area contributed by atoms with Crippen LogP contribution in [0, 0.1) is 5.82 Å². The largest absolute Gasteiger partial charge is 0.493 e. The van der Waals surface area contributed by atoms with Crippen LogP contribution in [0.4, 0.5) is 10.1 Å². The highest BCUT2D eigenvalue weighted by atomic mass is 19.1. The van der Waals surface area contributed by atoms with Gasteiger partial charge >= 0.3 is 0 Å². The molecule has 1 N–H and O–H groups in total. The first-order chi connectivity index (χ1) is 14.1. The standard InChI is InChI=1S/C24H22FNO3/c1-28-22-11-17-9-8-16-10-21(26-14-15-6-4-3-5-7-15)20(25)12-18(16)24(27)19(17)13-23(22)29-2/h3-7,10-13,26H,8-9,14H2,1-2H3. The number of nitrogens with one attached hydrogen (secondary N) is 1. The summed E-state index contributed by atoms with van der Waals surface area (Å²) in [4.78, 5) is 13.2. The molecule has 0 radical (unpaired) electrons. The third kappa shape index (κ3) is 3.68. The molecule has 0 saturated heterocycles. The van der Waals surface area contributed by atoms with E-state index < -0.39 is 5.82 Å². The normalized spacial score (nSPS) is 12.6. The van der Waals surface area contributed by atoms with E-state index in [0.717, 1.165) is 16.7 Å². The van der Waals surface area contributed by atoms with Crippen LogP contribution in [0.3, 0.4) is 0 Å². The first kappa shape index (κ1) is 19.0. The Morgan fingerprint density at radius 2 is 1.52 bits per heavy atom. The molecule has 3 aromatic rings. The van der Waals surface area contributed by atoms with Crippen LogP contribution in [0.5, 0.6) is 11.5 Å². The molecule has 4 rings (SSSR count). The minimum Gasteiger partial charge on any atom is -0.493 e. The lowest BCUT2D eigenvalue weighted by Gasteiger charge is -2.13. The minimum atomic E-state index is -0.433. The highest BCUT2D eigenvalue weighted by Crippen LogP contribution is 2.35. The van der Waals surface area contributed by atoms with Gasteiger partial charge in [0, 0.05) is 17.7 Å². The molecule has 148 valence electrons. The molecule has 0 aromatic heterocycles. The molecule has 0 spiro atoms. The Balaban J connectivity index is 1.67. The van der Waals surface area contributed by atoms with Gasteiger partial charge in [0.25, 0.3) is 0 Å². The van der Waals surface area contributed by atoms with Crippen LogP contribution in [0.2, 0.25) is 0 Å². The van der Waals surface area contributed by atoms with E-state index in [9.17, 15) is 9.18 Å². The predicted octanol–water partition coefficient (Wildman–Crippen LogP) is 4.78. The Kier molecular flexibility index (Phi) is 5.21. The average molecular weight is 391 g/mol. The van der Waals surface area contributed by atoms with Gasteiger partial charge in [-0.1, -0.05) is 30.3 Å². The third-order valence-corrected chi connectivity index (χ3v) is 5.28. The van der Waals surface area contributed by atoms with Crippen LogP contribution < -0.4 is 14.8 Å². The van der Waals surface area contributed by atoms with Crippen LogP contribution >= 0.6 is 0 Å². The summed E-state index contributed by atoms with van der Waals surface area (Å²) in [5, 5.41) is 3.15. The van der Waals surface area contributed by atoms with E-state index in [1.165, 1.54) is 13.2 Å². The molecule has 0 saturated carbocycles. The van der Waals surface area contributed by atoms with Crippen molar-refractivity contribution in [3.8, 4) is 11.5 Å². The lowest BCUT2D eigenvalue weighted by atomic mass is 9.97. The van der Waals surface area contributed by atoms with Gasteiger partial charge in [0.05, 0.1) is 19.9 Å². The quantitative estimate of drug-likeness (QED) is 0.680. The lowest BCUT2D eigenvalue weighted by Crippen LogP contribution is -2.08. The third-order valence-electron chi connectivity index (χ3n) is 5.28. The molecule has 0 unspecified atom stereocenters. The number of carbonyl (C=O) groups excluding carboxylic acids is 1. The van der Waals surface area contributed by atoms with Gasteiger partial charge in [-0.2, -0.15) is 0 Å². The van der Waals surface area contributed by atoms with E-state index in [1.54, 1.807) is 19.2 Å². The van der Waals surface area contributed by atoms with E-state index in [1.807, 2.05) is 36.4 Å². The van der Waals surface area contributed by atoms with Crippen molar-refractivity contribution in [3.05, 3.63) is 88.2 Å².